The number of rotatable bonds is 5. The molecule has 2 fully saturated rings. The number of carbonyl (C=O) groups excluding carboxylic acids is 1. The van der Waals surface area contributed by atoms with E-state index in [0.29, 0.717) is 55.1 Å². The van der Waals surface area contributed by atoms with Gasteiger partial charge in [0.1, 0.15) is 5.75 Å². The predicted molar refractivity (Wildman–Crippen MR) is 99.8 cm³/mol. The Morgan fingerprint density at radius 2 is 1.62 bits per heavy atom. The lowest BCUT2D eigenvalue weighted by molar-refractivity contribution is -0.134. The van der Waals surface area contributed by atoms with E-state index in [0.717, 1.165) is 12.8 Å². The maximum Gasteiger partial charge on any atom is 0.282 e. The molecule has 3 rings (SSSR count). The lowest BCUT2D eigenvalue weighted by Gasteiger charge is -2.35. The summed E-state index contributed by atoms with van der Waals surface area (Å²) in [5.41, 5.74) is 0. The number of hydrogen-bond donors (Lipinski definition) is 0. The Morgan fingerprint density at radius 1 is 1.00 bits per heavy atom. The largest absolute Gasteiger partial charge is 0.482 e. The minimum atomic E-state index is -3.41. The van der Waals surface area contributed by atoms with E-state index in [-0.39, 0.29) is 12.5 Å². The van der Waals surface area contributed by atoms with Crippen LogP contribution in [0.25, 0.3) is 0 Å². The first kappa shape index (κ1) is 19.7. The number of nitrogens with zero attached hydrogens (tertiary/aromatic N) is 3. The second-order valence-electron chi connectivity index (χ2n) is 6.26. The molecule has 0 saturated carbocycles. The van der Waals surface area contributed by atoms with Crippen LogP contribution in [0, 0.1) is 0 Å². The molecule has 0 atom stereocenters. The summed E-state index contributed by atoms with van der Waals surface area (Å²) in [7, 11) is -3.41. The highest BCUT2D eigenvalue weighted by atomic mass is 35.5. The SMILES string of the molecule is O=C(COc1ccc(Cl)cc1Cl)N1CCN(S(=O)(=O)N2CCCC2)CC1. The standard InChI is InChI=1S/C16H21Cl2N3O4S/c17-13-3-4-15(14(18)11-13)25-12-16(22)19-7-9-21(10-8-19)26(23,24)20-5-1-2-6-20/h3-4,11H,1-2,5-10,12H2. The quantitative estimate of drug-likeness (QED) is 0.727. The van der Waals surface area contributed by atoms with Crippen LogP contribution in [-0.2, 0) is 15.0 Å². The average molecular weight is 422 g/mol. The van der Waals surface area contributed by atoms with E-state index in [9.17, 15) is 13.2 Å². The number of hydrogen-bond acceptors (Lipinski definition) is 4. The van der Waals surface area contributed by atoms with Crippen molar-refractivity contribution in [3.05, 3.63) is 28.2 Å². The Kier molecular flexibility index (Phi) is 6.29. The summed E-state index contributed by atoms with van der Waals surface area (Å²) in [6.07, 6.45) is 1.81. The fraction of sp³-hybridized carbons (Fsp3) is 0.562. The van der Waals surface area contributed by atoms with E-state index >= 15 is 0 Å². The monoisotopic (exact) mass is 421 g/mol. The zero-order chi connectivity index (χ0) is 18.7. The Labute approximate surface area is 163 Å². The van der Waals surface area contributed by atoms with Gasteiger partial charge in [0.25, 0.3) is 16.1 Å². The van der Waals surface area contributed by atoms with Crippen LogP contribution in [0.1, 0.15) is 12.8 Å². The molecule has 0 N–H and O–H groups in total. The van der Waals surface area contributed by atoms with E-state index < -0.39 is 10.2 Å². The second kappa shape index (κ2) is 8.31. The van der Waals surface area contributed by atoms with Crippen molar-refractivity contribution >= 4 is 39.3 Å². The Hall–Kier alpha value is -1.06. The first-order chi connectivity index (χ1) is 12.4. The number of halogens is 2. The van der Waals surface area contributed by atoms with E-state index in [1.165, 1.54) is 8.61 Å². The molecule has 2 saturated heterocycles. The van der Waals surface area contributed by atoms with Crippen LogP contribution >= 0.6 is 23.2 Å². The van der Waals surface area contributed by atoms with Gasteiger partial charge >= 0.3 is 0 Å². The molecule has 0 spiro atoms. The predicted octanol–water partition coefficient (Wildman–Crippen LogP) is 1.86. The van der Waals surface area contributed by atoms with Crippen molar-refractivity contribution in [1.29, 1.82) is 0 Å². The number of ether oxygens (including phenoxy) is 1. The summed E-state index contributed by atoms with van der Waals surface area (Å²) in [5.74, 6) is 0.189. The molecule has 7 nitrogen and oxygen atoms in total. The van der Waals surface area contributed by atoms with Gasteiger partial charge in [-0.15, -0.1) is 0 Å². The smallest absolute Gasteiger partial charge is 0.282 e. The van der Waals surface area contributed by atoms with Crippen molar-refractivity contribution in [1.82, 2.24) is 13.5 Å². The van der Waals surface area contributed by atoms with Crippen LogP contribution in [0.2, 0.25) is 10.0 Å². The molecule has 2 aliphatic rings. The van der Waals surface area contributed by atoms with Gasteiger partial charge in [0.05, 0.1) is 5.02 Å². The highest BCUT2D eigenvalue weighted by Crippen LogP contribution is 2.27. The minimum absolute atomic E-state index is 0.153. The molecular weight excluding hydrogens is 401 g/mol. The van der Waals surface area contributed by atoms with Crippen LogP contribution < -0.4 is 4.74 Å². The Bertz CT molecular complexity index is 761. The fourth-order valence-corrected chi connectivity index (χ4v) is 5.21. The zero-order valence-corrected chi connectivity index (χ0v) is 16.6. The van der Waals surface area contributed by atoms with Gasteiger partial charge in [0, 0.05) is 44.3 Å². The maximum absolute atomic E-state index is 12.5. The summed E-state index contributed by atoms with van der Waals surface area (Å²) in [6, 6.07) is 4.79. The van der Waals surface area contributed by atoms with Crippen molar-refractivity contribution in [2.45, 2.75) is 12.8 Å². The maximum atomic E-state index is 12.5. The van der Waals surface area contributed by atoms with Gasteiger partial charge in [-0.1, -0.05) is 23.2 Å². The van der Waals surface area contributed by atoms with Crippen LogP contribution in [0.4, 0.5) is 0 Å². The number of benzene rings is 1. The van der Waals surface area contributed by atoms with Gasteiger partial charge in [-0.05, 0) is 31.0 Å². The third kappa shape index (κ3) is 4.43. The fourth-order valence-electron chi connectivity index (χ4n) is 3.07. The number of amides is 1. The third-order valence-electron chi connectivity index (χ3n) is 4.55. The van der Waals surface area contributed by atoms with Crippen molar-refractivity contribution in [2.75, 3.05) is 45.9 Å². The summed E-state index contributed by atoms with van der Waals surface area (Å²) >= 11 is 11.8. The average Bonchev–Trinajstić information content (AvgIpc) is 3.16. The van der Waals surface area contributed by atoms with Crippen LogP contribution in [0.5, 0.6) is 5.75 Å². The number of carbonyl (C=O) groups is 1. The molecule has 10 heteroatoms. The van der Waals surface area contributed by atoms with E-state index in [2.05, 4.69) is 0 Å². The van der Waals surface area contributed by atoms with Crippen molar-refractivity contribution in [2.24, 2.45) is 0 Å². The molecule has 1 amide bonds. The molecule has 2 heterocycles. The number of piperazine rings is 1. The van der Waals surface area contributed by atoms with E-state index in [1.54, 1.807) is 23.1 Å². The van der Waals surface area contributed by atoms with Gasteiger partial charge < -0.3 is 9.64 Å². The first-order valence-electron chi connectivity index (χ1n) is 8.49. The topological polar surface area (TPSA) is 70.2 Å². The molecule has 0 radical (unpaired) electrons. The molecule has 144 valence electrons. The molecule has 1 aromatic rings. The Morgan fingerprint density at radius 3 is 2.23 bits per heavy atom. The van der Waals surface area contributed by atoms with Crippen molar-refractivity contribution < 1.29 is 17.9 Å². The lowest BCUT2D eigenvalue weighted by atomic mass is 10.3. The summed E-state index contributed by atoms with van der Waals surface area (Å²) < 4.78 is 33.5. The minimum Gasteiger partial charge on any atom is -0.482 e. The zero-order valence-electron chi connectivity index (χ0n) is 14.2. The summed E-state index contributed by atoms with van der Waals surface area (Å²) in [6.45, 7) is 2.31. The Balaban J connectivity index is 1.50. The van der Waals surface area contributed by atoms with Gasteiger partial charge in [-0.25, -0.2) is 0 Å². The second-order valence-corrected chi connectivity index (χ2v) is 9.03. The molecular formula is C16H21Cl2N3O4S. The molecule has 0 bridgehead atoms. The van der Waals surface area contributed by atoms with Gasteiger partial charge in [0.2, 0.25) is 0 Å². The molecule has 2 aliphatic heterocycles. The van der Waals surface area contributed by atoms with Crippen molar-refractivity contribution in [3.8, 4) is 5.75 Å². The molecule has 1 aromatic carbocycles. The van der Waals surface area contributed by atoms with E-state index in [1.807, 2.05) is 0 Å². The van der Waals surface area contributed by atoms with Crippen LogP contribution in [0.15, 0.2) is 18.2 Å². The normalized spacial score (nSPS) is 19.7. The lowest BCUT2D eigenvalue weighted by Crippen LogP contribution is -2.54. The molecule has 26 heavy (non-hydrogen) atoms. The van der Waals surface area contributed by atoms with Gasteiger partial charge in [-0.2, -0.15) is 17.0 Å². The summed E-state index contributed by atoms with van der Waals surface area (Å²) in [5, 5.41) is 0.829. The summed E-state index contributed by atoms with van der Waals surface area (Å²) in [4.78, 5) is 13.9. The highest BCUT2D eigenvalue weighted by molar-refractivity contribution is 7.86. The van der Waals surface area contributed by atoms with Crippen molar-refractivity contribution in [3.63, 3.8) is 0 Å². The third-order valence-corrected chi connectivity index (χ3v) is 7.12. The highest BCUT2D eigenvalue weighted by Gasteiger charge is 2.34. The van der Waals surface area contributed by atoms with Gasteiger partial charge in [-0.3, -0.25) is 4.79 Å². The van der Waals surface area contributed by atoms with Crippen LogP contribution in [-0.4, -0.2) is 73.7 Å². The first-order valence-corrected chi connectivity index (χ1v) is 10.6. The molecule has 0 aromatic heterocycles. The van der Waals surface area contributed by atoms with Gasteiger partial charge in [0.15, 0.2) is 6.61 Å². The molecule has 0 unspecified atom stereocenters. The van der Waals surface area contributed by atoms with Crippen LogP contribution in [0.3, 0.4) is 0 Å². The van der Waals surface area contributed by atoms with E-state index in [4.69, 9.17) is 27.9 Å². The molecule has 0 aliphatic carbocycles.